The molecule has 1 atom stereocenters. The van der Waals surface area contributed by atoms with Gasteiger partial charge < -0.3 is 15.3 Å². The van der Waals surface area contributed by atoms with Gasteiger partial charge in [0.1, 0.15) is 0 Å². The molecule has 1 fully saturated rings. The lowest BCUT2D eigenvalue weighted by atomic mass is 10.0. The van der Waals surface area contributed by atoms with E-state index in [1.54, 1.807) is 0 Å². The molecule has 1 saturated heterocycles. The van der Waals surface area contributed by atoms with Crippen LogP contribution in [0.4, 0.5) is 0 Å². The zero-order chi connectivity index (χ0) is 15.1. The standard InChI is InChI=1S/C16H24N2O2S/c1-2-3-4-15(19)11-18-8-5-14(6-9-18)17-16(20)13-7-10-21-12-13/h2,7,10,12,14-15,19H,1,3-6,8-9,11H2,(H,17,20). The number of likely N-dealkylation sites (tertiary alicyclic amines) is 1. The Bertz CT molecular complexity index is 439. The molecule has 0 aromatic carbocycles. The number of β-amino-alcohol motifs (C(OH)–C–C–N with tert-alkyl or cyclic N) is 1. The highest BCUT2D eigenvalue weighted by atomic mass is 32.1. The van der Waals surface area contributed by atoms with Crippen LogP contribution in [0.2, 0.25) is 0 Å². The van der Waals surface area contributed by atoms with Gasteiger partial charge in [0.25, 0.3) is 5.91 Å². The van der Waals surface area contributed by atoms with Gasteiger partial charge in [-0.2, -0.15) is 11.3 Å². The summed E-state index contributed by atoms with van der Waals surface area (Å²) >= 11 is 1.54. The van der Waals surface area contributed by atoms with Gasteiger partial charge in [0, 0.05) is 36.6 Å². The molecule has 0 spiro atoms. The van der Waals surface area contributed by atoms with Crippen LogP contribution in [0.5, 0.6) is 0 Å². The summed E-state index contributed by atoms with van der Waals surface area (Å²) in [6.45, 7) is 6.26. The van der Waals surface area contributed by atoms with Crippen LogP contribution in [0.25, 0.3) is 0 Å². The first-order valence-corrected chi connectivity index (χ1v) is 8.47. The van der Waals surface area contributed by atoms with E-state index in [0.717, 1.165) is 50.9 Å². The van der Waals surface area contributed by atoms with Gasteiger partial charge >= 0.3 is 0 Å². The predicted octanol–water partition coefficient (Wildman–Crippen LogP) is 2.27. The van der Waals surface area contributed by atoms with Crippen molar-refractivity contribution in [1.82, 2.24) is 10.2 Å². The quantitative estimate of drug-likeness (QED) is 0.760. The molecule has 1 unspecified atom stereocenters. The summed E-state index contributed by atoms with van der Waals surface area (Å²) in [5.74, 6) is 0.0284. The fraction of sp³-hybridized carbons (Fsp3) is 0.562. The van der Waals surface area contributed by atoms with Crippen LogP contribution in [-0.4, -0.2) is 47.7 Å². The lowest BCUT2D eigenvalue weighted by Crippen LogP contribution is -2.46. The Hall–Kier alpha value is -1.17. The second-order valence-electron chi connectivity index (χ2n) is 5.58. The second-order valence-corrected chi connectivity index (χ2v) is 6.36. The van der Waals surface area contributed by atoms with E-state index in [2.05, 4.69) is 16.8 Å². The maximum absolute atomic E-state index is 12.0. The first-order chi connectivity index (χ1) is 10.2. The average Bonchev–Trinajstić information content (AvgIpc) is 3.01. The van der Waals surface area contributed by atoms with Crippen molar-refractivity contribution in [2.45, 2.75) is 37.8 Å². The Balaban J connectivity index is 1.68. The summed E-state index contributed by atoms with van der Waals surface area (Å²) < 4.78 is 0. The fourth-order valence-corrected chi connectivity index (χ4v) is 3.26. The van der Waals surface area contributed by atoms with Gasteiger partial charge in [-0.05, 0) is 37.1 Å². The molecule has 1 amide bonds. The van der Waals surface area contributed by atoms with Crippen LogP contribution < -0.4 is 5.32 Å². The maximum Gasteiger partial charge on any atom is 0.252 e. The molecule has 2 heterocycles. The van der Waals surface area contributed by atoms with E-state index in [-0.39, 0.29) is 18.1 Å². The van der Waals surface area contributed by atoms with E-state index in [9.17, 15) is 9.90 Å². The number of nitrogens with zero attached hydrogens (tertiary/aromatic N) is 1. The van der Waals surface area contributed by atoms with E-state index in [1.165, 1.54) is 11.3 Å². The van der Waals surface area contributed by atoms with Gasteiger partial charge in [0.05, 0.1) is 6.10 Å². The molecule has 4 nitrogen and oxygen atoms in total. The number of hydrogen-bond donors (Lipinski definition) is 2. The first-order valence-electron chi connectivity index (χ1n) is 7.53. The van der Waals surface area contributed by atoms with E-state index in [4.69, 9.17) is 0 Å². The zero-order valence-electron chi connectivity index (χ0n) is 12.3. The maximum atomic E-state index is 12.0. The van der Waals surface area contributed by atoms with E-state index < -0.39 is 0 Å². The van der Waals surface area contributed by atoms with E-state index >= 15 is 0 Å². The Labute approximate surface area is 130 Å². The molecule has 1 aliphatic rings. The molecule has 0 aliphatic carbocycles. The summed E-state index contributed by atoms with van der Waals surface area (Å²) in [5, 5.41) is 16.8. The average molecular weight is 308 g/mol. The minimum absolute atomic E-state index is 0.0284. The number of allylic oxidation sites excluding steroid dienone is 1. The molecule has 2 N–H and O–H groups in total. The van der Waals surface area contributed by atoms with Crippen LogP contribution >= 0.6 is 11.3 Å². The monoisotopic (exact) mass is 308 g/mol. The Morgan fingerprint density at radius 2 is 2.33 bits per heavy atom. The Morgan fingerprint density at radius 3 is 2.95 bits per heavy atom. The number of amides is 1. The summed E-state index contributed by atoms with van der Waals surface area (Å²) in [7, 11) is 0. The van der Waals surface area contributed by atoms with Gasteiger partial charge in [-0.15, -0.1) is 6.58 Å². The lowest BCUT2D eigenvalue weighted by molar-refractivity contribution is 0.0805. The van der Waals surface area contributed by atoms with E-state index in [0.29, 0.717) is 0 Å². The van der Waals surface area contributed by atoms with Crippen molar-refractivity contribution in [2.75, 3.05) is 19.6 Å². The zero-order valence-corrected chi connectivity index (χ0v) is 13.1. The molecule has 1 aliphatic heterocycles. The van der Waals surface area contributed by atoms with Gasteiger partial charge in [0.15, 0.2) is 0 Å². The fourth-order valence-electron chi connectivity index (χ4n) is 2.62. The minimum Gasteiger partial charge on any atom is -0.392 e. The van der Waals surface area contributed by atoms with Crippen molar-refractivity contribution < 1.29 is 9.90 Å². The Kier molecular flexibility index (Phi) is 6.42. The number of thiophene rings is 1. The third kappa shape index (κ3) is 5.26. The highest BCUT2D eigenvalue weighted by molar-refractivity contribution is 7.08. The number of aliphatic hydroxyl groups is 1. The van der Waals surface area contributed by atoms with Gasteiger partial charge in [-0.3, -0.25) is 4.79 Å². The highest BCUT2D eigenvalue weighted by Crippen LogP contribution is 2.13. The normalized spacial score (nSPS) is 18.3. The molecule has 0 radical (unpaired) electrons. The SMILES string of the molecule is C=CCCC(O)CN1CCC(NC(=O)c2ccsc2)CC1. The third-order valence-electron chi connectivity index (χ3n) is 3.88. The van der Waals surface area contributed by atoms with Gasteiger partial charge in [-0.1, -0.05) is 6.08 Å². The predicted molar refractivity (Wildman–Crippen MR) is 86.7 cm³/mol. The second kappa shape index (κ2) is 8.32. The Morgan fingerprint density at radius 1 is 1.57 bits per heavy atom. The summed E-state index contributed by atoms with van der Waals surface area (Å²) in [5.41, 5.74) is 0.752. The van der Waals surface area contributed by atoms with E-state index in [1.807, 2.05) is 22.9 Å². The van der Waals surface area contributed by atoms with Crippen LogP contribution in [0.1, 0.15) is 36.0 Å². The van der Waals surface area contributed by atoms with Crippen LogP contribution in [0.15, 0.2) is 29.5 Å². The summed E-state index contributed by atoms with van der Waals surface area (Å²) in [6.07, 6.45) is 5.09. The highest BCUT2D eigenvalue weighted by Gasteiger charge is 2.22. The minimum atomic E-state index is -0.278. The smallest absolute Gasteiger partial charge is 0.252 e. The molecule has 1 aromatic heterocycles. The van der Waals surface area contributed by atoms with Crippen LogP contribution in [-0.2, 0) is 0 Å². The molecule has 1 aromatic rings. The van der Waals surface area contributed by atoms with Crippen molar-refractivity contribution in [3.63, 3.8) is 0 Å². The molecule has 0 bridgehead atoms. The van der Waals surface area contributed by atoms with Crippen LogP contribution in [0, 0.1) is 0 Å². The number of carbonyl (C=O) groups excluding carboxylic acids is 1. The van der Waals surface area contributed by atoms with Gasteiger partial charge in [0.2, 0.25) is 0 Å². The van der Waals surface area contributed by atoms with Crippen molar-refractivity contribution in [2.24, 2.45) is 0 Å². The molecule has 0 saturated carbocycles. The molecule has 116 valence electrons. The number of rotatable bonds is 7. The lowest BCUT2D eigenvalue weighted by Gasteiger charge is -2.33. The molecule has 5 heteroatoms. The van der Waals surface area contributed by atoms with Crippen molar-refractivity contribution in [1.29, 1.82) is 0 Å². The molecular weight excluding hydrogens is 284 g/mol. The topological polar surface area (TPSA) is 52.6 Å². The number of carbonyl (C=O) groups is 1. The number of piperidine rings is 1. The van der Waals surface area contributed by atoms with Gasteiger partial charge in [-0.25, -0.2) is 0 Å². The molecular formula is C16H24N2O2S. The summed E-state index contributed by atoms with van der Waals surface area (Å²) in [6, 6.07) is 2.10. The van der Waals surface area contributed by atoms with Crippen LogP contribution in [0.3, 0.4) is 0 Å². The summed E-state index contributed by atoms with van der Waals surface area (Å²) in [4.78, 5) is 14.3. The number of nitrogens with one attached hydrogen (secondary N) is 1. The van der Waals surface area contributed by atoms with Crippen molar-refractivity contribution in [3.05, 3.63) is 35.0 Å². The van der Waals surface area contributed by atoms with Crippen molar-refractivity contribution in [3.8, 4) is 0 Å². The third-order valence-corrected chi connectivity index (χ3v) is 4.56. The molecule has 2 rings (SSSR count). The largest absolute Gasteiger partial charge is 0.392 e. The molecule has 21 heavy (non-hydrogen) atoms. The number of aliphatic hydroxyl groups excluding tert-OH is 1. The first kappa shape index (κ1) is 16.2. The van der Waals surface area contributed by atoms with Crippen molar-refractivity contribution >= 4 is 17.2 Å². The number of hydrogen-bond acceptors (Lipinski definition) is 4.